The van der Waals surface area contributed by atoms with Gasteiger partial charge in [-0.2, -0.15) is 0 Å². The molecule has 20 heavy (non-hydrogen) atoms. The fourth-order valence-corrected chi connectivity index (χ4v) is 2.52. The Morgan fingerprint density at radius 3 is 2.35 bits per heavy atom. The van der Waals surface area contributed by atoms with E-state index in [1.807, 2.05) is 31.2 Å². The molecule has 0 saturated heterocycles. The standard InChI is InChI=1S/C16H15FO2S/c1-11-2-8-14(9-3-11)20-16(19)10-15(18)12-4-6-13(17)7-5-12/h2-9,15,18H,10H2,1H3/t15-/m1/s1. The van der Waals surface area contributed by atoms with Gasteiger partial charge in [0.05, 0.1) is 6.10 Å². The second-order valence-electron chi connectivity index (χ2n) is 4.56. The van der Waals surface area contributed by atoms with Gasteiger partial charge >= 0.3 is 0 Å². The van der Waals surface area contributed by atoms with Crippen LogP contribution >= 0.6 is 11.8 Å². The molecule has 0 unspecified atom stereocenters. The molecule has 1 N–H and O–H groups in total. The summed E-state index contributed by atoms with van der Waals surface area (Å²) in [4.78, 5) is 12.7. The van der Waals surface area contributed by atoms with Crippen LogP contribution in [0.4, 0.5) is 4.39 Å². The maximum atomic E-state index is 12.8. The normalized spacial score (nSPS) is 12.2. The van der Waals surface area contributed by atoms with Gasteiger partial charge in [0, 0.05) is 11.3 Å². The van der Waals surface area contributed by atoms with Crippen LogP contribution in [0.2, 0.25) is 0 Å². The highest BCUT2D eigenvalue weighted by atomic mass is 32.2. The molecule has 0 bridgehead atoms. The van der Waals surface area contributed by atoms with Crippen molar-refractivity contribution >= 4 is 16.9 Å². The van der Waals surface area contributed by atoms with E-state index in [1.165, 1.54) is 24.3 Å². The Kier molecular flexibility index (Phi) is 4.93. The quantitative estimate of drug-likeness (QED) is 0.868. The molecular formula is C16H15FO2S. The highest BCUT2D eigenvalue weighted by Gasteiger charge is 2.14. The number of carbonyl (C=O) groups is 1. The number of benzene rings is 2. The van der Waals surface area contributed by atoms with Crippen LogP contribution in [0.25, 0.3) is 0 Å². The van der Waals surface area contributed by atoms with Crippen molar-refractivity contribution in [3.63, 3.8) is 0 Å². The third kappa shape index (κ3) is 4.18. The van der Waals surface area contributed by atoms with E-state index in [2.05, 4.69) is 0 Å². The molecule has 0 aliphatic heterocycles. The van der Waals surface area contributed by atoms with Crippen molar-refractivity contribution in [1.29, 1.82) is 0 Å². The Labute approximate surface area is 121 Å². The molecule has 4 heteroatoms. The monoisotopic (exact) mass is 290 g/mol. The fourth-order valence-electron chi connectivity index (χ4n) is 1.74. The average Bonchev–Trinajstić information content (AvgIpc) is 2.42. The average molecular weight is 290 g/mol. The molecule has 0 amide bonds. The first-order valence-corrected chi connectivity index (χ1v) is 7.07. The second kappa shape index (κ2) is 6.68. The third-order valence-electron chi connectivity index (χ3n) is 2.87. The topological polar surface area (TPSA) is 37.3 Å². The smallest absolute Gasteiger partial charge is 0.196 e. The van der Waals surface area contributed by atoms with Crippen molar-refractivity contribution in [3.8, 4) is 0 Å². The number of aliphatic hydroxyl groups is 1. The van der Waals surface area contributed by atoms with Gasteiger partial charge in [-0.25, -0.2) is 4.39 Å². The van der Waals surface area contributed by atoms with Crippen molar-refractivity contribution in [2.75, 3.05) is 0 Å². The summed E-state index contributed by atoms with van der Waals surface area (Å²) < 4.78 is 12.8. The van der Waals surface area contributed by atoms with Crippen LogP contribution in [0, 0.1) is 12.7 Å². The molecular weight excluding hydrogens is 275 g/mol. The van der Waals surface area contributed by atoms with Gasteiger partial charge in [-0.1, -0.05) is 41.6 Å². The summed E-state index contributed by atoms with van der Waals surface area (Å²) in [7, 11) is 0. The maximum absolute atomic E-state index is 12.8. The minimum Gasteiger partial charge on any atom is -0.388 e. The van der Waals surface area contributed by atoms with Gasteiger partial charge in [-0.05, 0) is 36.8 Å². The van der Waals surface area contributed by atoms with Gasteiger partial charge < -0.3 is 5.11 Å². The number of rotatable bonds is 4. The summed E-state index contributed by atoms with van der Waals surface area (Å²) in [6.07, 6.45) is -0.898. The van der Waals surface area contributed by atoms with Crippen LogP contribution in [0.1, 0.15) is 23.7 Å². The zero-order chi connectivity index (χ0) is 14.5. The van der Waals surface area contributed by atoms with E-state index in [9.17, 15) is 14.3 Å². The van der Waals surface area contributed by atoms with Crippen molar-refractivity contribution < 1.29 is 14.3 Å². The molecule has 0 radical (unpaired) electrons. The molecule has 1 atom stereocenters. The van der Waals surface area contributed by atoms with E-state index >= 15 is 0 Å². The fraction of sp³-hybridized carbons (Fsp3) is 0.188. The summed E-state index contributed by atoms with van der Waals surface area (Å²) in [5, 5.41) is 9.83. The molecule has 0 heterocycles. The van der Waals surface area contributed by atoms with Gasteiger partial charge in [-0.3, -0.25) is 4.79 Å². The first-order chi connectivity index (χ1) is 9.54. The number of hydrogen-bond acceptors (Lipinski definition) is 3. The number of thioether (sulfide) groups is 1. The van der Waals surface area contributed by atoms with Crippen LogP contribution in [-0.2, 0) is 4.79 Å². The van der Waals surface area contributed by atoms with E-state index < -0.39 is 6.10 Å². The van der Waals surface area contributed by atoms with Crippen LogP contribution in [0.3, 0.4) is 0 Å². The zero-order valence-corrected chi connectivity index (χ0v) is 11.9. The van der Waals surface area contributed by atoms with E-state index in [0.717, 1.165) is 22.2 Å². The zero-order valence-electron chi connectivity index (χ0n) is 11.0. The Bertz CT molecular complexity index is 578. The van der Waals surface area contributed by atoms with Gasteiger partial charge in [0.15, 0.2) is 5.12 Å². The van der Waals surface area contributed by atoms with Gasteiger partial charge in [0.25, 0.3) is 0 Å². The first-order valence-electron chi connectivity index (χ1n) is 6.25. The Balaban J connectivity index is 1.93. The highest BCUT2D eigenvalue weighted by molar-refractivity contribution is 8.13. The summed E-state index contributed by atoms with van der Waals surface area (Å²) in [6.45, 7) is 1.98. The highest BCUT2D eigenvalue weighted by Crippen LogP contribution is 2.25. The molecule has 2 aromatic carbocycles. The molecule has 2 aromatic rings. The lowest BCUT2D eigenvalue weighted by Crippen LogP contribution is -2.03. The van der Waals surface area contributed by atoms with Crippen molar-refractivity contribution in [2.24, 2.45) is 0 Å². The summed E-state index contributed by atoms with van der Waals surface area (Å²) in [6, 6.07) is 13.2. The maximum Gasteiger partial charge on any atom is 0.196 e. The van der Waals surface area contributed by atoms with Gasteiger partial charge in [0.2, 0.25) is 0 Å². The SMILES string of the molecule is Cc1ccc(SC(=O)C[C@@H](O)c2ccc(F)cc2)cc1. The van der Waals surface area contributed by atoms with Crippen LogP contribution in [0.15, 0.2) is 53.4 Å². The molecule has 0 spiro atoms. The van der Waals surface area contributed by atoms with Crippen molar-refractivity contribution in [1.82, 2.24) is 0 Å². The number of carbonyl (C=O) groups excluding carboxylic acids is 1. The molecule has 0 aromatic heterocycles. The van der Waals surface area contributed by atoms with E-state index in [0.29, 0.717) is 5.56 Å². The number of hydrogen-bond donors (Lipinski definition) is 1. The van der Waals surface area contributed by atoms with E-state index in [4.69, 9.17) is 0 Å². The lowest BCUT2D eigenvalue weighted by atomic mass is 10.1. The second-order valence-corrected chi connectivity index (χ2v) is 5.69. The molecule has 104 valence electrons. The lowest BCUT2D eigenvalue weighted by molar-refractivity contribution is -0.112. The number of halogens is 1. The Hall–Kier alpha value is -1.65. The molecule has 0 aliphatic rings. The van der Waals surface area contributed by atoms with Crippen LogP contribution in [0.5, 0.6) is 0 Å². The summed E-state index contributed by atoms with van der Waals surface area (Å²) in [5.74, 6) is -0.360. The molecule has 0 saturated carbocycles. The first kappa shape index (κ1) is 14.8. The van der Waals surface area contributed by atoms with Crippen molar-refractivity contribution in [3.05, 3.63) is 65.5 Å². The van der Waals surface area contributed by atoms with Gasteiger partial charge in [0.1, 0.15) is 5.82 Å². The molecule has 2 rings (SSSR count). The minimum absolute atomic E-state index is 0.00414. The van der Waals surface area contributed by atoms with E-state index in [-0.39, 0.29) is 17.4 Å². The summed E-state index contributed by atoms with van der Waals surface area (Å²) in [5.41, 5.74) is 1.68. The lowest BCUT2D eigenvalue weighted by Gasteiger charge is -2.09. The predicted octanol–water partition coefficient (Wildman–Crippen LogP) is 3.88. The van der Waals surface area contributed by atoms with Crippen LogP contribution in [-0.4, -0.2) is 10.2 Å². The Morgan fingerprint density at radius 1 is 1.15 bits per heavy atom. The van der Waals surface area contributed by atoms with E-state index in [1.54, 1.807) is 0 Å². The predicted molar refractivity (Wildman–Crippen MR) is 78.0 cm³/mol. The van der Waals surface area contributed by atoms with Crippen molar-refractivity contribution in [2.45, 2.75) is 24.3 Å². The summed E-state index contributed by atoms with van der Waals surface area (Å²) >= 11 is 1.11. The van der Waals surface area contributed by atoms with Gasteiger partial charge in [-0.15, -0.1) is 0 Å². The third-order valence-corrected chi connectivity index (χ3v) is 3.77. The Morgan fingerprint density at radius 2 is 1.75 bits per heavy atom. The minimum atomic E-state index is -0.902. The molecule has 2 nitrogen and oxygen atoms in total. The number of aryl methyl sites for hydroxylation is 1. The van der Waals surface area contributed by atoms with Crippen LogP contribution < -0.4 is 0 Å². The number of aliphatic hydroxyl groups excluding tert-OH is 1. The largest absolute Gasteiger partial charge is 0.388 e. The molecule has 0 aliphatic carbocycles. The molecule has 0 fully saturated rings.